The molecule has 0 radical (unpaired) electrons. The van der Waals surface area contributed by atoms with Gasteiger partial charge in [-0.15, -0.1) is 0 Å². The lowest BCUT2D eigenvalue weighted by molar-refractivity contribution is 0.0989. The predicted molar refractivity (Wildman–Crippen MR) is 75.9 cm³/mol. The summed E-state index contributed by atoms with van der Waals surface area (Å²) in [6, 6.07) is 16.3. The number of aryl methyl sites for hydroxylation is 1. The van der Waals surface area contributed by atoms with Crippen LogP contribution in [0.25, 0.3) is 11.1 Å². The maximum Gasteiger partial charge on any atom is 0.163 e. The minimum atomic E-state index is 0.201. The molecule has 0 heterocycles. The van der Waals surface area contributed by atoms with E-state index in [1.54, 1.807) is 0 Å². The molecule has 0 saturated heterocycles. The summed E-state index contributed by atoms with van der Waals surface area (Å²) in [5, 5.41) is 0. The van der Waals surface area contributed by atoms with Crippen molar-refractivity contribution in [3.05, 3.63) is 59.7 Å². The molecule has 0 aliphatic rings. The second-order valence-corrected chi connectivity index (χ2v) is 4.38. The van der Waals surface area contributed by atoms with Crippen LogP contribution >= 0.6 is 0 Å². The molecule has 92 valence electrons. The number of ketones is 1. The second-order valence-electron chi connectivity index (χ2n) is 4.38. The third-order valence-corrected chi connectivity index (χ3v) is 3.19. The lowest BCUT2D eigenvalue weighted by Crippen LogP contribution is -1.99. The van der Waals surface area contributed by atoms with Crippen LogP contribution in [0, 0.1) is 0 Å². The van der Waals surface area contributed by atoms with Gasteiger partial charge < -0.3 is 0 Å². The van der Waals surface area contributed by atoms with Gasteiger partial charge in [0.15, 0.2) is 5.78 Å². The minimum absolute atomic E-state index is 0.201. The average molecular weight is 238 g/mol. The van der Waals surface area contributed by atoms with Gasteiger partial charge >= 0.3 is 0 Å². The van der Waals surface area contributed by atoms with E-state index in [9.17, 15) is 4.79 Å². The lowest BCUT2D eigenvalue weighted by Gasteiger charge is -2.09. The molecule has 2 aromatic rings. The normalized spacial score (nSPS) is 10.3. The fraction of sp³-hybridized carbons (Fsp3) is 0.235. The van der Waals surface area contributed by atoms with Gasteiger partial charge in [-0.3, -0.25) is 4.79 Å². The smallest absolute Gasteiger partial charge is 0.163 e. The van der Waals surface area contributed by atoms with Crippen molar-refractivity contribution in [2.75, 3.05) is 0 Å². The maximum atomic E-state index is 12.0. The SMILES string of the molecule is CCC(=O)c1ccccc1-c1cccc(CC)c1. The molecule has 0 fully saturated rings. The average Bonchev–Trinajstić information content (AvgIpc) is 2.46. The van der Waals surface area contributed by atoms with E-state index in [0.717, 1.165) is 23.1 Å². The van der Waals surface area contributed by atoms with Gasteiger partial charge in [0.1, 0.15) is 0 Å². The number of hydrogen-bond acceptors (Lipinski definition) is 1. The number of carbonyl (C=O) groups is 1. The Morgan fingerprint density at radius 2 is 1.78 bits per heavy atom. The Morgan fingerprint density at radius 1 is 1.00 bits per heavy atom. The van der Waals surface area contributed by atoms with Gasteiger partial charge in [-0.2, -0.15) is 0 Å². The van der Waals surface area contributed by atoms with Crippen LogP contribution in [0.4, 0.5) is 0 Å². The van der Waals surface area contributed by atoms with Crippen molar-refractivity contribution < 1.29 is 4.79 Å². The van der Waals surface area contributed by atoms with Crippen LogP contribution in [0.5, 0.6) is 0 Å². The fourth-order valence-electron chi connectivity index (χ4n) is 2.13. The van der Waals surface area contributed by atoms with Crippen LogP contribution in [0.1, 0.15) is 36.2 Å². The zero-order valence-corrected chi connectivity index (χ0v) is 10.9. The fourth-order valence-corrected chi connectivity index (χ4v) is 2.13. The van der Waals surface area contributed by atoms with Crippen molar-refractivity contribution in [3.8, 4) is 11.1 Å². The van der Waals surface area contributed by atoms with E-state index in [4.69, 9.17) is 0 Å². The Morgan fingerprint density at radius 3 is 2.50 bits per heavy atom. The first-order valence-corrected chi connectivity index (χ1v) is 6.47. The van der Waals surface area contributed by atoms with Gasteiger partial charge in [-0.05, 0) is 23.1 Å². The molecule has 1 nitrogen and oxygen atoms in total. The summed E-state index contributed by atoms with van der Waals surface area (Å²) < 4.78 is 0. The van der Waals surface area contributed by atoms with E-state index < -0.39 is 0 Å². The Balaban J connectivity index is 2.53. The van der Waals surface area contributed by atoms with Crippen LogP contribution in [0.3, 0.4) is 0 Å². The highest BCUT2D eigenvalue weighted by atomic mass is 16.1. The molecule has 0 saturated carbocycles. The van der Waals surface area contributed by atoms with Crippen molar-refractivity contribution >= 4 is 5.78 Å². The van der Waals surface area contributed by atoms with E-state index >= 15 is 0 Å². The quantitative estimate of drug-likeness (QED) is 0.716. The minimum Gasteiger partial charge on any atom is -0.294 e. The van der Waals surface area contributed by atoms with Crippen molar-refractivity contribution in [1.82, 2.24) is 0 Å². The van der Waals surface area contributed by atoms with Crippen LogP contribution in [0.15, 0.2) is 48.5 Å². The monoisotopic (exact) mass is 238 g/mol. The lowest BCUT2D eigenvalue weighted by atomic mass is 9.95. The summed E-state index contributed by atoms with van der Waals surface area (Å²) in [5.41, 5.74) is 4.30. The summed E-state index contributed by atoms with van der Waals surface area (Å²) >= 11 is 0. The first kappa shape index (κ1) is 12.6. The molecule has 0 spiro atoms. The van der Waals surface area contributed by atoms with Crippen LogP contribution in [-0.4, -0.2) is 5.78 Å². The van der Waals surface area contributed by atoms with Gasteiger partial charge in [0.2, 0.25) is 0 Å². The molecule has 18 heavy (non-hydrogen) atoms. The van der Waals surface area contributed by atoms with Gasteiger partial charge in [0.05, 0.1) is 0 Å². The van der Waals surface area contributed by atoms with Crippen LogP contribution in [0.2, 0.25) is 0 Å². The molecular formula is C17H18O. The number of carbonyl (C=O) groups excluding carboxylic acids is 1. The third-order valence-electron chi connectivity index (χ3n) is 3.19. The highest BCUT2D eigenvalue weighted by molar-refractivity contribution is 6.02. The summed E-state index contributed by atoms with van der Waals surface area (Å²) in [7, 11) is 0. The standard InChI is InChI=1S/C17H18O/c1-3-13-8-7-9-14(12-13)15-10-5-6-11-16(15)17(18)4-2/h5-12H,3-4H2,1-2H3. The number of hydrogen-bond donors (Lipinski definition) is 0. The van der Waals surface area contributed by atoms with Crippen molar-refractivity contribution in [1.29, 1.82) is 0 Å². The van der Waals surface area contributed by atoms with Gasteiger partial charge in [0.25, 0.3) is 0 Å². The second kappa shape index (κ2) is 5.63. The Bertz CT molecular complexity index is 555. The summed E-state index contributed by atoms with van der Waals surface area (Å²) in [5.74, 6) is 0.201. The number of rotatable bonds is 4. The van der Waals surface area contributed by atoms with Crippen molar-refractivity contribution in [2.24, 2.45) is 0 Å². The van der Waals surface area contributed by atoms with Gasteiger partial charge in [0, 0.05) is 12.0 Å². The molecule has 0 amide bonds. The summed E-state index contributed by atoms with van der Waals surface area (Å²) in [6.45, 7) is 4.05. The van der Waals surface area contributed by atoms with Crippen LogP contribution in [-0.2, 0) is 6.42 Å². The van der Waals surface area contributed by atoms with Crippen molar-refractivity contribution in [3.63, 3.8) is 0 Å². The molecule has 0 bridgehead atoms. The molecule has 0 N–H and O–H groups in total. The Hall–Kier alpha value is -1.89. The zero-order valence-electron chi connectivity index (χ0n) is 10.9. The van der Waals surface area contributed by atoms with E-state index in [1.165, 1.54) is 5.56 Å². The topological polar surface area (TPSA) is 17.1 Å². The Labute approximate surface area is 108 Å². The Kier molecular flexibility index (Phi) is 3.93. The van der Waals surface area contributed by atoms with Gasteiger partial charge in [-0.25, -0.2) is 0 Å². The molecule has 0 unspecified atom stereocenters. The largest absolute Gasteiger partial charge is 0.294 e. The zero-order chi connectivity index (χ0) is 13.0. The van der Waals surface area contributed by atoms with Crippen LogP contribution < -0.4 is 0 Å². The molecular weight excluding hydrogens is 220 g/mol. The first-order valence-electron chi connectivity index (χ1n) is 6.47. The van der Waals surface area contributed by atoms with E-state index in [1.807, 2.05) is 31.2 Å². The van der Waals surface area contributed by atoms with Crippen molar-refractivity contribution in [2.45, 2.75) is 26.7 Å². The molecule has 0 atom stereocenters. The molecule has 1 heteroatoms. The van der Waals surface area contributed by atoms with E-state index in [-0.39, 0.29) is 5.78 Å². The third kappa shape index (κ3) is 2.51. The van der Waals surface area contributed by atoms with E-state index in [0.29, 0.717) is 6.42 Å². The maximum absolute atomic E-state index is 12.0. The predicted octanol–water partition coefficient (Wildman–Crippen LogP) is 4.51. The molecule has 0 aliphatic carbocycles. The summed E-state index contributed by atoms with van der Waals surface area (Å²) in [4.78, 5) is 12.0. The first-order chi connectivity index (χ1) is 8.76. The summed E-state index contributed by atoms with van der Waals surface area (Å²) in [6.07, 6.45) is 1.56. The van der Waals surface area contributed by atoms with E-state index in [2.05, 4.69) is 31.2 Å². The molecule has 0 aromatic heterocycles. The molecule has 2 rings (SSSR count). The molecule has 0 aliphatic heterocycles. The van der Waals surface area contributed by atoms with Gasteiger partial charge in [-0.1, -0.05) is 62.4 Å². The number of Topliss-reactive ketones (excluding diaryl/α,β-unsaturated/α-hetero) is 1. The highest BCUT2D eigenvalue weighted by Crippen LogP contribution is 2.25. The highest BCUT2D eigenvalue weighted by Gasteiger charge is 2.10. The number of benzene rings is 2. The molecule has 2 aromatic carbocycles.